The van der Waals surface area contributed by atoms with E-state index in [-0.39, 0.29) is 6.04 Å². The highest BCUT2D eigenvalue weighted by Crippen LogP contribution is 2.36. The van der Waals surface area contributed by atoms with Gasteiger partial charge in [0.1, 0.15) is 5.01 Å². The van der Waals surface area contributed by atoms with Gasteiger partial charge in [0, 0.05) is 16.5 Å². The first-order chi connectivity index (χ1) is 10.1. The van der Waals surface area contributed by atoms with Gasteiger partial charge in [0.05, 0.1) is 19.9 Å². The van der Waals surface area contributed by atoms with Crippen LogP contribution in [-0.4, -0.2) is 19.2 Å². The van der Waals surface area contributed by atoms with Crippen LogP contribution in [0.4, 0.5) is 0 Å². The van der Waals surface area contributed by atoms with Crippen molar-refractivity contribution in [3.8, 4) is 22.1 Å². The Labute approximate surface area is 129 Å². The van der Waals surface area contributed by atoms with E-state index in [1.807, 2.05) is 25.1 Å². The van der Waals surface area contributed by atoms with Gasteiger partial charge in [0.25, 0.3) is 0 Å². The van der Waals surface area contributed by atoms with Crippen LogP contribution in [0.5, 0.6) is 11.5 Å². The second-order valence-corrected chi connectivity index (χ2v) is 5.97. The van der Waals surface area contributed by atoms with E-state index in [4.69, 9.17) is 20.2 Å². The number of nitrogens with two attached hydrogens (primary N) is 1. The summed E-state index contributed by atoms with van der Waals surface area (Å²) in [4.78, 5) is 5.93. The van der Waals surface area contributed by atoms with E-state index < -0.39 is 0 Å². The fraction of sp³-hybridized carbons (Fsp3) is 0.438. The molecule has 0 bridgehead atoms. The van der Waals surface area contributed by atoms with Crippen molar-refractivity contribution in [1.82, 2.24) is 4.98 Å². The second-order valence-electron chi connectivity index (χ2n) is 4.94. The molecule has 1 unspecified atom stereocenters. The Morgan fingerprint density at radius 2 is 1.95 bits per heavy atom. The Morgan fingerprint density at radius 1 is 1.24 bits per heavy atom. The predicted molar refractivity (Wildman–Crippen MR) is 87.3 cm³/mol. The zero-order valence-corrected chi connectivity index (χ0v) is 13.8. The molecule has 0 saturated carbocycles. The van der Waals surface area contributed by atoms with Gasteiger partial charge in [-0.15, -0.1) is 11.3 Å². The number of rotatable bonds is 6. The summed E-state index contributed by atoms with van der Waals surface area (Å²) in [7, 11) is 3.27. The molecule has 21 heavy (non-hydrogen) atoms. The van der Waals surface area contributed by atoms with E-state index >= 15 is 0 Å². The molecule has 0 spiro atoms. The summed E-state index contributed by atoms with van der Waals surface area (Å²) in [5, 5.41) is 0.978. The quantitative estimate of drug-likeness (QED) is 0.882. The van der Waals surface area contributed by atoms with Gasteiger partial charge in [-0.2, -0.15) is 0 Å². The molecule has 0 amide bonds. The van der Waals surface area contributed by atoms with E-state index in [2.05, 4.69) is 6.92 Å². The van der Waals surface area contributed by atoms with Crippen LogP contribution in [-0.2, 0) is 6.42 Å². The number of thiazole rings is 1. The Morgan fingerprint density at radius 3 is 2.52 bits per heavy atom. The maximum atomic E-state index is 6.06. The molecule has 2 N–H and O–H groups in total. The average molecular weight is 306 g/mol. The van der Waals surface area contributed by atoms with Crippen molar-refractivity contribution in [3.63, 3.8) is 0 Å². The average Bonchev–Trinajstić information content (AvgIpc) is 2.91. The SMILES string of the molecule is CCCc1nc(-c2ccc(OC)c(OC)c2)sc1C(C)N. The van der Waals surface area contributed by atoms with Crippen LogP contribution in [0.1, 0.15) is 36.9 Å². The van der Waals surface area contributed by atoms with Gasteiger partial charge in [-0.25, -0.2) is 4.98 Å². The van der Waals surface area contributed by atoms with Gasteiger partial charge >= 0.3 is 0 Å². The first kappa shape index (κ1) is 15.8. The van der Waals surface area contributed by atoms with Crippen LogP contribution in [0.3, 0.4) is 0 Å². The maximum absolute atomic E-state index is 6.06. The Hall–Kier alpha value is -1.59. The third-order valence-electron chi connectivity index (χ3n) is 3.26. The summed E-state index contributed by atoms with van der Waals surface area (Å²) in [6, 6.07) is 5.87. The minimum atomic E-state index is 0.0120. The lowest BCUT2D eigenvalue weighted by molar-refractivity contribution is 0.355. The van der Waals surface area contributed by atoms with Crippen molar-refractivity contribution in [2.24, 2.45) is 5.73 Å². The number of ether oxygens (including phenoxy) is 2. The molecule has 0 aliphatic heterocycles. The normalized spacial score (nSPS) is 12.2. The molecule has 5 heteroatoms. The van der Waals surface area contributed by atoms with E-state index in [1.165, 1.54) is 4.88 Å². The molecule has 0 aliphatic rings. The fourth-order valence-electron chi connectivity index (χ4n) is 2.23. The molecule has 2 aromatic rings. The van der Waals surface area contributed by atoms with Gasteiger partial charge in [-0.3, -0.25) is 0 Å². The first-order valence-corrected chi connectivity index (χ1v) is 7.89. The lowest BCUT2D eigenvalue weighted by Gasteiger charge is -2.08. The monoisotopic (exact) mass is 306 g/mol. The maximum Gasteiger partial charge on any atom is 0.161 e. The number of nitrogens with zero attached hydrogens (tertiary/aromatic N) is 1. The van der Waals surface area contributed by atoms with Gasteiger partial charge in [0.2, 0.25) is 0 Å². The molecular formula is C16H22N2O2S. The molecule has 1 aromatic heterocycles. The van der Waals surface area contributed by atoms with Crippen molar-refractivity contribution in [3.05, 3.63) is 28.8 Å². The minimum absolute atomic E-state index is 0.0120. The van der Waals surface area contributed by atoms with Crippen molar-refractivity contribution in [2.45, 2.75) is 32.7 Å². The summed E-state index contributed by atoms with van der Waals surface area (Å²) < 4.78 is 10.6. The Bertz CT molecular complexity index is 608. The van der Waals surface area contributed by atoms with Crippen LogP contribution < -0.4 is 15.2 Å². The molecule has 4 nitrogen and oxygen atoms in total. The number of hydrogen-bond acceptors (Lipinski definition) is 5. The fourth-order valence-corrected chi connectivity index (χ4v) is 3.29. The second kappa shape index (κ2) is 6.91. The summed E-state index contributed by atoms with van der Waals surface area (Å²) in [6.45, 7) is 4.16. The number of methoxy groups -OCH3 is 2. The van der Waals surface area contributed by atoms with Gasteiger partial charge in [-0.05, 0) is 31.5 Å². The zero-order chi connectivity index (χ0) is 15.4. The largest absolute Gasteiger partial charge is 0.493 e. The summed E-state index contributed by atoms with van der Waals surface area (Å²) in [5.41, 5.74) is 8.21. The van der Waals surface area contributed by atoms with Crippen molar-refractivity contribution >= 4 is 11.3 Å². The first-order valence-electron chi connectivity index (χ1n) is 7.08. The molecule has 0 aliphatic carbocycles. The van der Waals surface area contributed by atoms with Crippen LogP contribution in [0.2, 0.25) is 0 Å². The molecule has 0 fully saturated rings. The van der Waals surface area contributed by atoms with E-state index in [1.54, 1.807) is 25.6 Å². The van der Waals surface area contributed by atoms with Crippen LogP contribution >= 0.6 is 11.3 Å². The van der Waals surface area contributed by atoms with Crippen molar-refractivity contribution in [1.29, 1.82) is 0 Å². The van der Waals surface area contributed by atoms with E-state index in [0.717, 1.165) is 34.9 Å². The van der Waals surface area contributed by atoms with Crippen LogP contribution in [0, 0.1) is 0 Å². The van der Waals surface area contributed by atoms with E-state index in [0.29, 0.717) is 5.75 Å². The third kappa shape index (κ3) is 3.36. The van der Waals surface area contributed by atoms with Crippen LogP contribution in [0.25, 0.3) is 10.6 Å². The number of hydrogen-bond donors (Lipinski definition) is 1. The predicted octanol–water partition coefficient (Wildman–Crippen LogP) is 3.80. The van der Waals surface area contributed by atoms with Crippen molar-refractivity contribution < 1.29 is 9.47 Å². The highest BCUT2D eigenvalue weighted by atomic mass is 32.1. The standard InChI is InChI=1S/C16H22N2O2S/c1-5-6-12-15(10(2)17)21-16(18-12)11-7-8-13(19-3)14(9-11)20-4/h7-10H,5-6,17H2,1-4H3. The summed E-state index contributed by atoms with van der Waals surface area (Å²) >= 11 is 1.66. The molecule has 1 aromatic carbocycles. The molecule has 1 heterocycles. The van der Waals surface area contributed by atoms with Gasteiger partial charge in [-0.1, -0.05) is 13.3 Å². The highest BCUT2D eigenvalue weighted by Gasteiger charge is 2.16. The van der Waals surface area contributed by atoms with Crippen molar-refractivity contribution in [2.75, 3.05) is 14.2 Å². The smallest absolute Gasteiger partial charge is 0.161 e. The molecule has 1 atom stereocenters. The number of aryl methyl sites for hydroxylation is 1. The van der Waals surface area contributed by atoms with Gasteiger partial charge < -0.3 is 15.2 Å². The summed E-state index contributed by atoms with van der Waals surface area (Å²) in [6.07, 6.45) is 2.02. The lowest BCUT2D eigenvalue weighted by Crippen LogP contribution is -2.05. The molecule has 114 valence electrons. The highest BCUT2D eigenvalue weighted by molar-refractivity contribution is 7.15. The Balaban J connectivity index is 2.44. The minimum Gasteiger partial charge on any atom is -0.493 e. The molecular weight excluding hydrogens is 284 g/mol. The third-order valence-corrected chi connectivity index (χ3v) is 4.61. The zero-order valence-electron chi connectivity index (χ0n) is 13.0. The molecule has 0 radical (unpaired) electrons. The summed E-state index contributed by atoms with van der Waals surface area (Å²) in [5.74, 6) is 1.43. The topological polar surface area (TPSA) is 57.4 Å². The Kier molecular flexibility index (Phi) is 5.20. The van der Waals surface area contributed by atoms with Crippen LogP contribution in [0.15, 0.2) is 18.2 Å². The molecule has 0 saturated heterocycles. The number of benzene rings is 1. The van der Waals surface area contributed by atoms with Gasteiger partial charge in [0.15, 0.2) is 11.5 Å². The molecule has 2 rings (SSSR count). The number of aromatic nitrogens is 1. The lowest BCUT2D eigenvalue weighted by atomic mass is 10.1. The van der Waals surface area contributed by atoms with E-state index in [9.17, 15) is 0 Å².